The molecular weight excluding hydrogens is 242 g/mol. The Hall–Kier alpha value is -2.14. The minimum absolute atomic E-state index is 0.142. The van der Waals surface area contributed by atoms with E-state index in [2.05, 4.69) is 9.97 Å². The van der Waals surface area contributed by atoms with Crippen molar-refractivity contribution >= 4 is 0 Å². The molecule has 1 aromatic heterocycles. The average Bonchev–Trinajstić information content (AvgIpc) is 2.38. The van der Waals surface area contributed by atoms with Crippen LogP contribution in [0.25, 0.3) is 0 Å². The molecule has 2 aromatic rings. The molecule has 0 saturated carbocycles. The molecule has 0 aliphatic heterocycles. The SMILES string of the molecule is COc1cccc(Cc2nc(CCN)cc(=O)[nH]2)c1. The molecule has 19 heavy (non-hydrogen) atoms. The van der Waals surface area contributed by atoms with Crippen LogP contribution < -0.4 is 16.0 Å². The first-order valence-corrected chi connectivity index (χ1v) is 6.13. The summed E-state index contributed by atoms with van der Waals surface area (Å²) in [7, 11) is 1.63. The highest BCUT2D eigenvalue weighted by Crippen LogP contribution is 2.14. The van der Waals surface area contributed by atoms with Crippen molar-refractivity contribution in [1.82, 2.24) is 9.97 Å². The molecule has 0 amide bonds. The molecule has 1 heterocycles. The zero-order valence-electron chi connectivity index (χ0n) is 10.8. The van der Waals surface area contributed by atoms with Crippen LogP contribution in [0.15, 0.2) is 35.1 Å². The van der Waals surface area contributed by atoms with Gasteiger partial charge in [0.25, 0.3) is 5.56 Å². The number of hydrogen-bond acceptors (Lipinski definition) is 4. The van der Waals surface area contributed by atoms with Gasteiger partial charge in [-0.15, -0.1) is 0 Å². The number of nitrogens with two attached hydrogens (primary N) is 1. The lowest BCUT2D eigenvalue weighted by Crippen LogP contribution is -2.15. The van der Waals surface area contributed by atoms with E-state index in [-0.39, 0.29) is 5.56 Å². The van der Waals surface area contributed by atoms with E-state index in [9.17, 15) is 4.79 Å². The number of hydrogen-bond donors (Lipinski definition) is 2. The Morgan fingerprint density at radius 3 is 2.95 bits per heavy atom. The van der Waals surface area contributed by atoms with Gasteiger partial charge in [0.05, 0.1) is 7.11 Å². The lowest BCUT2D eigenvalue weighted by atomic mass is 10.1. The molecule has 2 rings (SSSR count). The van der Waals surface area contributed by atoms with Crippen LogP contribution in [0.3, 0.4) is 0 Å². The van der Waals surface area contributed by atoms with Crippen molar-refractivity contribution in [2.45, 2.75) is 12.8 Å². The van der Waals surface area contributed by atoms with Gasteiger partial charge in [-0.2, -0.15) is 0 Å². The van der Waals surface area contributed by atoms with E-state index in [0.29, 0.717) is 25.2 Å². The van der Waals surface area contributed by atoms with Crippen LogP contribution >= 0.6 is 0 Å². The molecule has 0 unspecified atom stereocenters. The number of aromatic amines is 1. The standard InChI is InChI=1S/C14H17N3O2/c1-19-12-4-2-3-10(7-12)8-13-16-11(5-6-15)9-14(18)17-13/h2-4,7,9H,5-6,8,15H2,1H3,(H,16,17,18). The van der Waals surface area contributed by atoms with E-state index in [0.717, 1.165) is 17.0 Å². The Balaban J connectivity index is 2.24. The molecule has 0 aliphatic carbocycles. The summed E-state index contributed by atoms with van der Waals surface area (Å²) in [5.41, 5.74) is 7.10. The number of methoxy groups -OCH3 is 1. The van der Waals surface area contributed by atoms with Crippen LogP contribution in [0.4, 0.5) is 0 Å². The maximum atomic E-state index is 11.5. The van der Waals surface area contributed by atoms with Gasteiger partial charge in [0, 0.05) is 24.6 Å². The van der Waals surface area contributed by atoms with Gasteiger partial charge in [-0.05, 0) is 24.2 Å². The molecule has 1 aromatic carbocycles. The largest absolute Gasteiger partial charge is 0.497 e. The molecule has 3 N–H and O–H groups in total. The van der Waals surface area contributed by atoms with Crippen molar-refractivity contribution in [3.8, 4) is 5.75 Å². The molecule has 5 heteroatoms. The highest BCUT2D eigenvalue weighted by atomic mass is 16.5. The maximum Gasteiger partial charge on any atom is 0.251 e. The van der Waals surface area contributed by atoms with Crippen LogP contribution in [0.2, 0.25) is 0 Å². The van der Waals surface area contributed by atoms with Gasteiger partial charge < -0.3 is 15.5 Å². The Morgan fingerprint density at radius 1 is 1.37 bits per heavy atom. The number of nitrogens with one attached hydrogen (secondary N) is 1. The molecule has 0 fully saturated rings. The highest BCUT2D eigenvalue weighted by molar-refractivity contribution is 5.30. The third-order valence-corrected chi connectivity index (χ3v) is 2.75. The zero-order chi connectivity index (χ0) is 13.7. The summed E-state index contributed by atoms with van der Waals surface area (Å²) in [6.45, 7) is 0.481. The van der Waals surface area contributed by atoms with Gasteiger partial charge >= 0.3 is 0 Å². The van der Waals surface area contributed by atoms with Crippen molar-refractivity contribution in [3.63, 3.8) is 0 Å². The summed E-state index contributed by atoms with van der Waals surface area (Å²) in [6.07, 6.45) is 1.17. The number of aromatic nitrogens is 2. The molecule has 0 radical (unpaired) electrons. The van der Waals surface area contributed by atoms with Gasteiger partial charge in [0.2, 0.25) is 0 Å². The van der Waals surface area contributed by atoms with Gasteiger partial charge in [-0.25, -0.2) is 4.98 Å². The predicted octanol–water partition coefficient (Wildman–Crippen LogP) is 0.871. The van der Waals surface area contributed by atoms with Crippen molar-refractivity contribution < 1.29 is 4.74 Å². The molecule has 100 valence electrons. The van der Waals surface area contributed by atoms with Crippen LogP contribution in [0, 0.1) is 0 Å². The normalized spacial score (nSPS) is 10.4. The minimum atomic E-state index is -0.142. The summed E-state index contributed by atoms with van der Waals surface area (Å²) in [4.78, 5) is 18.7. The topological polar surface area (TPSA) is 81.0 Å². The first-order chi connectivity index (χ1) is 9.21. The molecule has 0 bridgehead atoms. The summed E-state index contributed by atoms with van der Waals surface area (Å²) >= 11 is 0. The first kappa shape index (κ1) is 13.3. The fourth-order valence-electron chi connectivity index (χ4n) is 1.90. The number of rotatable bonds is 5. The number of ether oxygens (including phenoxy) is 1. The fraction of sp³-hybridized carbons (Fsp3) is 0.286. The Labute approximate surface area is 111 Å². The van der Waals surface area contributed by atoms with E-state index in [4.69, 9.17) is 10.5 Å². The van der Waals surface area contributed by atoms with E-state index in [1.165, 1.54) is 6.07 Å². The van der Waals surface area contributed by atoms with E-state index >= 15 is 0 Å². The van der Waals surface area contributed by atoms with Gasteiger partial charge in [0.15, 0.2) is 0 Å². The van der Waals surface area contributed by atoms with Crippen molar-refractivity contribution in [3.05, 3.63) is 57.8 Å². The number of H-pyrrole nitrogens is 1. The lowest BCUT2D eigenvalue weighted by Gasteiger charge is -2.05. The number of benzene rings is 1. The number of nitrogens with zero attached hydrogens (tertiary/aromatic N) is 1. The Kier molecular flexibility index (Phi) is 4.30. The molecule has 0 atom stereocenters. The van der Waals surface area contributed by atoms with Crippen molar-refractivity contribution in [2.24, 2.45) is 5.73 Å². The quantitative estimate of drug-likeness (QED) is 0.835. The Bertz CT molecular complexity index is 608. The second kappa shape index (κ2) is 6.15. The fourth-order valence-corrected chi connectivity index (χ4v) is 1.90. The molecular formula is C14H17N3O2. The molecule has 5 nitrogen and oxygen atoms in total. The smallest absolute Gasteiger partial charge is 0.251 e. The lowest BCUT2D eigenvalue weighted by molar-refractivity contribution is 0.414. The maximum absolute atomic E-state index is 11.5. The van der Waals surface area contributed by atoms with Gasteiger partial charge in [0.1, 0.15) is 11.6 Å². The molecule has 0 aliphatic rings. The summed E-state index contributed by atoms with van der Waals surface area (Å²) in [5, 5.41) is 0. The highest BCUT2D eigenvalue weighted by Gasteiger charge is 2.03. The van der Waals surface area contributed by atoms with Crippen LogP contribution in [0.1, 0.15) is 17.1 Å². The zero-order valence-corrected chi connectivity index (χ0v) is 10.8. The van der Waals surface area contributed by atoms with E-state index < -0.39 is 0 Å². The van der Waals surface area contributed by atoms with E-state index in [1.54, 1.807) is 7.11 Å². The third-order valence-electron chi connectivity index (χ3n) is 2.75. The van der Waals surface area contributed by atoms with Gasteiger partial charge in [-0.1, -0.05) is 12.1 Å². The second-order valence-corrected chi connectivity index (χ2v) is 4.25. The van der Waals surface area contributed by atoms with E-state index in [1.807, 2.05) is 24.3 Å². The minimum Gasteiger partial charge on any atom is -0.497 e. The van der Waals surface area contributed by atoms with Crippen LogP contribution in [0.5, 0.6) is 5.75 Å². The average molecular weight is 259 g/mol. The second-order valence-electron chi connectivity index (χ2n) is 4.25. The summed E-state index contributed by atoms with van der Waals surface area (Å²) < 4.78 is 5.17. The first-order valence-electron chi connectivity index (χ1n) is 6.13. The van der Waals surface area contributed by atoms with Crippen LogP contribution in [-0.2, 0) is 12.8 Å². The van der Waals surface area contributed by atoms with Gasteiger partial charge in [-0.3, -0.25) is 4.79 Å². The molecule has 0 saturated heterocycles. The Morgan fingerprint density at radius 2 is 2.21 bits per heavy atom. The summed E-state index contributed by atoms with van der Waals surface area (Å²) in [5.74, 6) is 1.43. The predicted molar refractivity (Wildman–Crippen MR) is 73.4 cm³/mol. The van der Waals surface area contributed by atoms with Crippen molar-refractivity contribution in [2.75, 3.05) is 13.7 Å². The van der Waals surface area contributed by atoms with Crippen LogP contribution in [-0.4, -0.2) is 23.6 Å². The van der Waals surface area contributed by atoms with Crippen molar-refractivity contribution in [1.29, 1.82) is 0 Å². The monoisotopic (exact) mass is 259 g/mol. The molecule has 0 spiro atoms. The summed E-state index contributed by atoms with van der Waals surface area (Å²) in [6, 6.07) is 9.18. The third kappa shape index (κ3) is 3.66.